The molecule has 11 heavy (non-hydrogen) atoms. The summed E-state index contributed by atoms with van der Waals surface area (Å²) in [6.45, 7) is 1.98. The standard InChI is InChI=1S/C4H15O4PSi2/c1-6-9(5,7-2)4-11(3)8-10/h11H,4H2,1-3,10H3. The van der Waals surface area contributed by atoms with Gasteiger partial charge in [-0.25, -0.2) is 0 Å². The fourth-order valence-corrected chi connectivity index (χ4v) is 6.41. The average Bonchev–Trinajstić information content (AvgIpc) is 2.04. The fourth-order valence-electron chi connectivity index (χ4n) is 0.613. The van der Waals surface area contributed by atoms with Crippen molar-refractivity contribution in [3.63, 3.8) is 0 Å². The lowest BCUT2D eigenvalue weighted by Gasteiger charge is -2.16. The molecule has 0 aromatic heterocycles. The quantitative estimate of drug-likeness (QED) is 0.464. The van der Waals surface area contributed by atoms with Gasteiger partial charge in [-0.2, -0.15) is 0 Å². The molecule has 0 aromatic carbocycles. The van der Waals surface area contributed by atoms with Crippen molar-refractivity contribution in [2.24, 2.45) is 0 Å². The van der Waals surface area contributed by atoms with Gasteiger partial charge in [-0.05, 0) is 6.55 Å². The van der Waals surface area contributed by atoms with E-state index in [2.05, 4.69) is 0 Å². The van der Waals surface area contributed by atoms with Gasteiger partial charge in [-0.1, -0.05) is 0 Å². The predicted molar refractivity (Wildman–Crippen MR) is 50.5 cm³/mol. The Hall–Kier alpha value is 0.544. The van der Waals surface area contributed by atoms with Gasteiger partial charge < -0.3 is 13.2 Å². The minimum atomic E-state index is -2.79. The maximum Gasteiger partial charge on any atom is 0.329 e. The van der Waals surface area contributed by atoms with E-state index in [1.165, 1.54) is 14.2 Å². The SMILES string of the molecule is COP(=O)(C[SiH](C)O[SiH3])OC. The molecule has 0 fully saturated rings. The maximum absolute atomic E-state index is 11.4. The smallest absolute Gasteiger partial charge is 0.329 e. The third-order valence-corrected chi connectivity index (χ3v) is 9.62. The molecule has 0 amide bonds. The average molecular weight is 214 g/mol. The molecule has 0 aliphatic carbocycles. The zero-order chi connectivity index (χ0) is 8.91. The van der Waals surface area contributed by atoms with Gasteiger partial charge >= 0.3 is 7.60 Å². The third kappa shape index (κ3) is 4.20. The molecule has 4 nitrogen and oxygen atoms in total. The fraction of sp³-hybridized carbons (Fsp3) is 1.00. The zero-order valence-corrected chi connectivity index (χ0v) is 11.4. The van der Waals surface area contributed by atoms with E-state index in [1.54, 1.807) is 0 Å². The van der Waals surface area contributed by atoms with Gasteiger partial charge in [0.1, 0.15) is 10.5 Å². The Morgan fingerprint density at radius 1 is 1.45 bits per heavy atom. The molecule has 0 saturated carbocycles. The summed E-state index contributed by atoms with van der Waals surface area (Å²) in [5, 5.41) is 0. The van der Waals surface area contributed by atoms with Crippen LogP contribution in [0.2, 0.25) is 6.55 Å². The molecule has 0 rings (SSSR count). The highest BCUT2D eigenvalue weighted by atomic mass is 31.2. The van der Waals surface area contributed by atoms with Crippen LogP contribution in [-0.2, 0) is 17.7 Å². The monoisotopic (exact) mass is 214 g/mol. The van der Waals surface area contributed by atoms with Gasteiger partial charge in [0.15, 0.2) is 9.04 Å². The van der Waals surface area contributed by atoms with Crippen molar-refractivity contribution in [2.45, 2.75) is 6.55 Å². The van der Waals surface area contributed by atoms with Crippen molar-refractivity contribution in [2.75, 3.05) is 20.0 Å². The van der Waals surface area contributed by atoms with E-state index in [9.17, 15) is 4.57 Å². The molecule has 0 bridgehead atoms. The molecule has 7 heteroatoms. The van der Waals surface area contributed by atoms with Crippen LogP contribution in [0.5, 0.6) is 0 Å². The molecule has 0 spiro atoms. The number of rotatable bonds is 5. The molecule has 0 radical (unpaired) electrons. The van der Waals surface area contributed by atoms with Crippen LogP contribution < -0.4 is 0 Å². The maximum atomic E-state index is 11.4. The van der Waals surface area contributed by atoms with Crippen LogP contribution in [-0.4, -0.2) is 39.5 Å². The summed E-state index contributed by atoms with van der Waals surface area (Å²) >= 11 is 0. The largest absolute Gasteiger partial charge is 0.465 e. The summed E-state index contributed by atoms with van der Waals surface area (Å²) in [4.78, 5) is 0. The molecule has 0 N–H and O–H groups in total. The lowest BCUT2D eigenvalue weighted by Crippen LogP contribution is -2.18. The first-order chi connectivity index (χ1) is 5.08. The van der Waals surface area contributed by atoms with Gasteiger partial charge in [-0.15, -0.1) is 0 Å². The Morgan fingerprint density at radius 2 is 1.91 bits per heavy atom. The molecular weight excluding hydrogens is 199 g/mol. The summed E-state index contributed by atoms with van der Waals surface area (Å²) < 4.78 is 26.2. The highest BCUT2D eigenvalue weighted by Gasteiger charge is 2.24. The molecule has 1 unspecified atom stereocenters. The zero-order valence-electron chi connectivity index (χ0n) is 7.36. The van der Waals surface area contributed by atoms with Crippen LogP contribution in [0, 0.1) is 0 Å². The summed E-state index contributed by atoms with van der Waals surface area (Å²) in [6.07, 6.45) is 0. The predicted octanol–water partition coefficient (Wildman–Crippen LogP) is -0.338. The van der Waals surface area contributed by atoms with E-state index in [0.29, 0.717) is 16.3 Å². The lowest BCUT2D eigenvalue weighted by atomic mass is 11.8. The van der Waals surface area contributed by atoms with Crippen LogP contribution >= 0.6 is 7.60 Å². The minimum Gasteiger partial charge on any atom is -0.465 e. The molecule has 0 aliphatic heterocycles. The Morgan fingerprint density at radius 3 is 2.18 bits per heavy atom. The van der Waals surface area contributed by atoms with Crippen molar-refractivity contribution in [1.82, 2.24) is 0 Å². The van der Waals surface area contributed by atoms with E-state index in [1.807, 2.05) is 6.55 Å². The third-order valence-electron chi connectivity index (χ3n) is 1.44. The van der Waals surface area contributed by atoms with Crippen molar-refractivity contribution >= 4 is 27.1 Å². The van der Waals surface area contributed by atoms with Crippen molar-refractivity contribution < 1.29 is 17.7 Å². The molecular formula is C4H15O4PSi2. The normalized spacial score (nSPS) is 15.2. The van der Waals surface area contributed by atoms with Gasteiger partial charge in [0, 0.05) is 14.2 Å². The second-order valence-electron chi connectivity index (χ2n) is 2.20. The summed E-state index contributed by atoms with van der Waals surface area (Å²) in [5.74, 6) is 0.462. The first-order valence-corrected chi connectivity index (χ1v) is 8.30. The minimum absolute atomic E-state index is 0.462. The molecule has 0 heterocycles. The van der Waals surface area contributed by atoms with E-state index in [4.69, 9.17) is 13.2 Å². The molecule has 1 atom stereocenters. The van der Waals surface area contributed by atoms with E-state index < -0.39 is 16.6 Å². The van der Waals surface area contributed by atoms with Crippen LogP contribution in [0.15, 0.2) is 0 Å². The summed E-state index contributed by atoms with van der Waals surface area (Å²) in [7, 11) is -0.584. The second-order valence-corrected chi connectivity index (χ2v) is 9.12. The van der Waals surface area contributed by atoms with E-state index in [0.717, 1.165) is 0 Å². The first-order valence-electron chi connectivity index (χ1n) is 3.31. The lowest BCUT2D eigenvalue weighted by molar-refractivity contribution is 0.279. The molecule has 68 valence electrons. The summed E-state index contributed by atoms with van der Waals surface area (Å²) in [5.41, 5.74) is 0. The Kier molecular flexibility index (Phi) is 5.49. The molecule has 0 aromatic rings. The summed E-state index contributed by atoms with van der Waals surface area (Å²) in [6, 6.07) is 0. The van der Waals surface area contributed by atoms with Gasteiger partial charge in [0.05, 0.1) is 5.79 Å². The van der Waals surface area contributed by atoms with Gasteiger partial charge in [0.25, 0.3) is 0 Å². The topological polar surface area (TPSA) is 44.8 Å². The van der Waals surface area contributed by atoms with Crippen LogP contribution in [0.3, 0.4) is 0 Å². The first kappa shape index (κ1) is 11.5. The Balaban J connectivity index is 3.97. The van der Waals surface area contributed by atoms with Crippen LogP contribution in [0.1, 0.15) is 0 Å². The van der Waals surface area contributed by atoms with Crippen LogP contribution in [0.4, 0.5) is 0 Å². The highest BCUT2D eigenvalue weighted by molar-refractivity contribution is 7.56. The molecule has 0 saturated heterocycles. The van der Waals surface area contributed by atoms with E-state index in [-0.39, 0.29) is 0 Å². The highest BCUT2D eigenvalue weighted by Crippen LogP contribution is 2.46. The Labute approximate surface area is 72.0 Å². The van der Waals surface area contributed by atoms with Gasteiger partial charge in [-0.3, -0.25) is 4.57 Å². The Bertz CT molecular complexity index is 145. The van der Waals surface area contributed by atoms with Crippen LogP contribution in [0.25, 0.3) is 0 Å². The van der Waals surface area contributed by atoms with Gasteiger partial charge in [0.2, 0.25) is 0 Å². The number of hydrogen-bond donors (Lipinski definition) is 0. The second kappa shape index (κ2) is 5.24. The van der Waals surface area contributed by atoms with Crippen molar-refractivity contribution in [3.05, 3.63) is 0 Å². The van der Waals surface area contributed by atoms with Crippen molar-refractivity contribution in [1.29, 1.82) is 0 Å². The van der Waals surface area contributed by atoms with Crippen molar-refractivity contribution in [3.8, 4) is 0 Å². The number of hydrogen-bond acceptors (Lipinski definition) is 4. The van der Waals surface area contributed by atoms with E-state index >= 15 is 0 Å². The molecule has 0 aliphatic rings.